The molecular formula is C20H16ClF3N2O3. The molecule has 0 aliphatic carbocycles. The van der Waals surface area contributed by atoms with Crippen LogP contribution in [0, 0.1) is 0 Å². The van der Waals surface area contributed by atoms with E-state index in [9.17, 15) is 18.0 Å². The number of halogens is 4. The molecular weight excluding hydrogens is 409 g/mol. The minimum absolute atomic E-state index is 0.0178. The third-order valence-electron chi connectivity index (χ3n) is 4.06. The maximum atomic E-state index is 12.8. The van der Waals surface area contributed by atoms with Crippen molar-refractivity contribution in [3.63, 3.8) is 0 Å². The van der Waals surface area contributed by atoms with Crippen LogP contribution in [0.2, 0.25) is 5.02 Å². The van der Waals surface area contributed by atoms with Crippen LogP contribution in [0.3, 0.4) is 0 Å². The fraction of sp³-hybridized carbons (Fsp3) is 0.200. The lowest BCUT2D eigenvalue weighted by atomic mass is 10.2. The van der Waals surface area contributed by atoms with E-state index < -0.39 is 17.6 Å². The molecule has 5 nitrogen and oxygen atoms in total. The zero-order valence-corrected chi connectivity index (χ0v) is 16.0. The Morgan fingerprint density at radius 1 is 1.21 bits per heavy atom. The molecule has 0 saturated carbocycles. The van der Waals surface area contributed by atoms with Crippen LogP contribution in [-0.2, 0) is 17.4 Å². The Kier molecular flexibility index (Phi) is 6.12. The van der Waals surface area contributed by atoms with Gasteiger partial charge in [0.2, 0.25) is 5.91 Å². The second-order valence-corrected chi connectivity index (χ2v) is 6.49. The van der Waals surface area contributed by atoms with E-state index in [1.807, 2.05) is 12.1 Å². The smallest absolute Gasteiger partial charge is 0.416 e. The third kappa shape index (κ3) is 5.29. The van der Waals surface area contributed by atoms with Crippen molar-refractivity contribution >= 4 is 23.2 Å². The number of rotatable bonds is 6. The van der Waals surface area contributed by atoms with Gasteiger partial charge >= 0.3 is 6.18 Å². The number of carbonyl (C=O) groups excluding carboxylic acids is 1. The molecule has 0 radical (unpaired) electrons. The van der Waals surface area contributed by atoms with Gasteiger partial charge in [0.15, 0.2) is 11.7 Å². The molecule has 3 rings (SSSR count). The van der Waals surface area contributed by atoms with Crippen LogP contribution in [0.4, 0.5) is 18.9 Å². The monoisotopic (exact) mass is 424 g/mol. The highest BCUT2D eigenvalue weighted by molar-refractivity contribution is 6.33. The molecule has 0 unspecified atom stereocenters. The van der Waals surface area contributed by atoms with E-state index in [4.69, 9.17) is 20.8 Å². The van der Waals surface area contributed by atoms with Gasteiger partial charge in [-0.05, 0) is 42.5 Å². The number of aromatic nitrogens is 1. The Bertz CT molecular complexity index is 1000. The molecule has 0 fully saturated rings. The lowest BCUT2D eigenvalue weighted by Gasteiger charge is -2.11. The standard InChI is InChI=1S/C20H16ClF3N2O3/c1-28-14-5-2-12(3-6-14)17-11-25-19(29-17)9-8-18(27)26-16-10-13(20(22,23)24)4-7-15(16)21/h2-7,10-11H,8-9H2,1H3,(H,26,27). The van der Waals surface area contributed by atoms with Crippen molar-refractivity contribution in [3.05, 3.63) is 65.1 Å². The zero-order valence-electron chi connectivity index (χ0n) is 15.2. The molecule has 0 aliphatic heterocycles. The normalized spacial score (nSPS) is 11.3. The highest BCUT2D eigenvalue weighted by atomic mass is 35.5. The number of alkyl halides is 3. The number of aryl methyl sites for hydroxylation is 1. The Balaban J connectivity index is 1.61. The first kappa shape index (κ1) is 20.7. The Morgan fingerprint density at radius 3 is 2.59 bits per heavy atom. The summed E-state index contributed by atoms with van der Waals surface area (Å²) in [6.45, 7) is 0. The van der Waals surface area contributed by atoms with Gasteiger partial charge in [-0.25, -0.2) is 4.98 Å². The second-order valence-electron chi connectivity index (χ2n) is 6.09. The van der Waals surface area contributed by atoms with Crippen molar-refractivity contribution in [2.75, 3.05) is 12.4 Å². The summed E-state index contributed by atoms with van der Waals surface area (Å²) in [4.78, 5) is 16.2. The molecule has 9 heteroatoms. The van der Waals surface area contributed by atoms with Crippen molar-refractivity contribution < 1.29 is 27.1 Å². The number of hydrogen-bond acceptors (Lipinski definition) is 4. The summed E-state index contributed by atoms with van der Waals surface area (Å²) in [7, 11) is 1.57. The molecule has 152 valence electrons. The summed E-state index contributed by atoms with van der Waals surface area (Å²) in [5.74, 6) is 1.07. The largest absolute Gasteiger partial charge is 0.497 e. The molecule has 1 amide bonds. The summed E-state index contributed by atoms with van der Waals surface area (Å²) >= 11 is 5.88. The van der Waals surface area contributed by atoms with Crippen LogP contribution in [0.25, 0.3) is 11.3 Å². The van der Waals surface area contributed by atoms with Crippen LogP contribution in [0.5, 0.6) is 5.75 Å². The van der Waals surface area contributed by atoms with Gasteiger partial charge < -0.3 is 14.5 Å². The van der Waals surface area contributed by atoms with E-state index in [1.165, 1.54) is 0 Å². The van der Waals surface area contributed by atoms with Gasteiger partial charge in [0.25, 0.3) is 0 Å². The van der Waals surface area contributed by atoms with Crippen LogP contribution < -0.4 is 10.1 Å². The summed E-state index contributed by atoms with van der Waals surface area (Å²) in [6, 6.07) is 9.93. The first-order chi connectivity index (χ1) is 13.8. The van der Waals surface area contributed by atoms with Gasteiger partial charge in [0.1, 0.15) is 5.75 Å². The average Bonchev–Trinajstić information content (AvgIpc) is 3.16. The van der Waals surface area contributed by atoms with Crippen molar-refractivity contribution in [1.82, 2.24) is 4.98 Å². The molecule has 0 saturated heterocycles. The van der Waals surface area contributed by atoms with Crippen LogP contribution in [-0.4, -0.2) is 18.0 Å². The van der Waals surface area contributed by atoms with E-state index in [2.05, 4.69) is 10.3 Å². The molecule has 3 aromatic rings. The maximum absolute atomic E-state index is 12.8. The number of hydrogen-bond donors (Lipinski definition) is 1. The van der Waals surface area contributed by atoms with Gasteiger partial charge in [-0.2, -0.15) is 13.2 Å². The molecule has 2 aromatic carbocycles. The summed E-state index contributed by atoms with van der Waals surface area (Å²) in [5.41, 5.74) is -0.198. The topological polar surface area (TPSA) is 64.4 Å². The molecule has 1 N–H and O–H groups in total. The summed E-state index contributed by atoms with van der Waals surface area (Å²) < 4.78 is 49.1. The summed E-state index contributed by atoms with van der Waals surface area (Å²) in [6.07, 6.45) is -2.84. The van der Waals surface area contributed by atoms with Gasteiger partial charge in [-0.1, -0.05) is 11.6 Å². The first-order valence-electron chi connectivity index (χ1n) is 8.52. The lowest BCUT2D eigenvalue weighted by Crippen LogP contribution is -2.14. The number of nitrogens with zero attached hydrogens (tertiary/aromatic N) is 1. The molecule has 0 aliphatic rings. The average molecular weight is 425 g/mol. The minimum atomic E-state index is -4.53. The molecule has 0 atom stereocenters. The van der Waals surface area contributed by atoms with E-state index >= 15 is 0 Å². The molecule has 29 heavy (non-hydrogen) atoms. The minimum Gasteiger partial charge on any atom is -0.497 e. The van der Waals surface area contributed by atoms with E-state index in [1.54, 1.807) is 25.4 Å². The van der Waals surface area contributed by atoms with E-state index in [0.29, 0.717) is 17.4 Å². The second kappa shape index (κ2) is 8.57. The fourth-order valence-corrected chi connectivity index (χ4v) is 2.71. The highest BCUT2D eigenvalue weighted by Crippen LogP contribution is 2.34. The number of ether oxygens (including phenoxy) is 1. The molecule has 0 spiro atoms. The van der Waals surface area contributed by atoms with Crippen LogP contribution in [0.1, 0.15) is 17.9 Å². The lowest BCUT2D eigenvalue weighted by molar-refractivity contribution is -0.137. The van der Waals surface area contributed by atoms with Gasteiger partial charge in [-0.15, -0.1) is 0 Å². The number of anilines is 1. The Hall–Kier alpha value is -3.00. The number of benzene rings is 2. The quantitative estimate of drug-likeness (QED) is 0.560. The maximum Gasteiger partial charge on any atom is 0.416 e. The van der Waals surface area contributed by atoms with Crippen molar-refractivity contribution in [3.8, 4) is 17.1 Å². The van der Waals surface area contributed by atoms with E-state index in [0.717, 1.165) is 23.8 Å². The zero-order chi connectivity index (χ0) is 21.0. The molecule has 0 bridgehead atoms. The SMILES string of the molecule is COc1ccc(-c2cnc(CCC(=O)Nc3cc(C(F)(F)F)ccc3Cl)o2)cc1. The number of carbonyl (C=O) groups is 1. The molecule has 1 heterocycles. The van der Waals surface area contributed by atoms with Crippen molar-refractivity contribution in [2.24, 2.45) is 0 Å². The van der Waals surface area contributed by atoms with Crippen molar-refractivity contribution in [1.29, 1.82) is 0 Å². The third-order valence-corrected chi connectivity index (χ3v) is 4.39. The van der Waals surface area contributed by atoms with E-state index in [-0.39, 0.29) is 23.6 Å². The summed E-state index contributed by atoms with van der Waals surface area (Å²) in [5, 5.41) is 2.41. The number of nitrogens with one attached hydrogen (secondary N) is 1. The predicted octanol–water partition coefficient (Wildman–Crippen LogP) is 5.59. The fourth-order valence-electron chi connectivity index (χ4n) is 2.55. The number of amides is 1. The Labute approximate surface area is 169 Å². The van der Waals surface area contributed by atoms with Gasteiger partial charge in [-0.3, -0.25) is 4.79 Å². The van der Waals surface area contributed by atoms with Crippen LogP contribution in [0.15, 0.2) is 53.1 Å². The van der Waals surface area contributed by atoms with Gasteiger partial charge in [0.05, 0.1) is 29.6 Å². The van der Waals surface area contributed by atoms with Gasteiger partial charge in [0, 0.05) is 18.4 Å². The Morgan fingerprint density at radius 2 is 1.93 bits per heavy atom. The first-order valence-corrected chi connectivity index (χ1v) is 8.90. The number of oxazole rings is 1. The predicted molar refractivity (Wildman–Crippen MR) is 102 cm³/mol. The highest BCUT2D eigenvalue weighted by Gasteiger charge is 2.31. The van der Waals surface area contributed by atoms with Crippen LogP contribution >= 0.6 is 11.6 Å². The molecule has 1 aromatic heterocycles. The van der Waals surface area contributed by atoms with Crippen molar-refractivity contribution in [2.45, 2.75) is 19.0 Å². The number of methoxy groups -OCH3 is 1.